The summed E-state index contributed by atoms with van der Waals surface area (Å²) < 4.78 is 5.27. The Kier molecular flexibility index (Phi) is 7.47. The van der Waals surface area contributed by atoms with Gasteiger partial charge >= 0.3 is 0 Å². The average molecular weight is 512 g/mol. The summed E-state index contributed by atoms with van der Waals surface area (Å²) in [6.45, 7) is 0. The van der Waals surface area contributed by atoms with Gasteiger partial charge in [-0.15, -0.1) is 11.8 Å². The van der Waals surface area contributed by atoms with E-state index in [0.29, 0.717) is 31.4 Å². The Morgan fingerprint density at radius 3 is 2.15 bits per heavy atom. The third kappa shape index (κ3) is 5.29. The Hall–Kier alpha value is -2.68. The van der Waals surface area contributed by atoms with Gasteiger partial charge in [-0.1, -0.05) is 53.0 Å². The molecule has 1 heterocycles. The van der Waals surface area contributed by atoms with Gasteiger partial charge in [-0.25, -0.2) is 4.98 Å². The van der Waals surface area contributed by atoms with Gasteiger partial charge < -0.3 is 4.74 Å². The van der Waals surface area contributed by atoms with E-state index in [0.717, 1.165) is 33.7 Å². The van der Waals surface area contributed by atoms with E-state index in [9.17, 15) is 5.26 Å². The van der Waals surface area contributed by atoms with E-state index in [2.05, 4.69) is 6.07 Å². The minimum Gasteiger partial charge on any atom is -0.497 e. The molecule has 0 saturated heterocycles. The first-order valence-corrected chi connectivity index (χ1v) is 12.0. The highest BCUT2D eigenvalue weighted by Crippen LogP contribution is 2.38. The highest BCUT2D eigenvalue weighted by Gasteiger charge is 2.17. The van der Waals surface area contributed by atoms with Crippen LogP contribution in [0.2, 0.25) is 15.1 Å². The number of ether oxygens (including phenoxy) is 1. The second-order valence-corrected chi connectivity index (χ2v) is 9.29. The van der Waals surface area contributed by atoms with Crippen molar-refractivity contribution in [1.29, 1.82) is 5.26 Å². The van der Waals surface area contributed by atoms with Crippen LogP contribution in [0.15, 0.2) is 77.8 Å². The summed E-state index contributed by atoms with van der Waals surface area (Å²) in [5, 5.41) is 12.4. The molecular weight excluding hydrogens is 495 g/mol. The summed E-state index contributed by atoms with van der Waals surface area (Å²) >= 11 is 20.2. The molecule has 0 radical (unpaired) electrons. The first kappa shape index (κ1) is 23.5. The molecule has 0 aliphatic rings. The second kappa shape index (κ2) is 10.5. The third-order valence-corrected chi connectivity index (χ3v) is 7.02. The maximum Gasteiger partial charge on any atom is 0.118 e. The molecule has 0 fully saturated rings. The van der Waals surface area contributed by atoms with Gasteiger partial charge in [0, 0.05) is 31.9 Å². The molecule has 0 unspecified atom stereocenters. The van der Waals surface area contributed by atoms with Crippen molar-refractivity contribution >= 4 is 46.6 Å². The number of pyridine rings is 1. The SMILES string of the molecule is COc1ccc(-c2cc(-c3ccc(Cl)cc3)c(C#N)c(SCc3c(Cl)cccc3Cl)n2)cc1. The summed E-state index contributed by atoms with van der Waals surface area (Å²) in [5.74, 6) is 1.24. The molecule has 0 aliphatic heterocycles. The van der Waals surface area contributed by atoms with E-state index in [1.54, 1.807) is 25.3 Å². The number of nitrogens with zero attached hydrogens (tertiary/aromatic N) is 2. The molecule has 0 N–H and O–H groups in total. The van der Waals surface area contributed by atoms with Crippen LogP contribution in [-0.4, -0.2) is 12.1 Å². The van der Waals surface area contributed by atoms with Crippen LogP contribution in [0.25, 0.3) is 22.4 Å². The predicted molar refractivity (Wildman–Crippen MR) is 137 cm³/mol. The number of nitriles is 1. The first-order valence-electron chi connectivity index (χ1n) is 9.91. The lowest BCUT2D eigenvalue weighted by atomic mass is 9.99. The summed E-state index contributed by atoms with van der Waals surface area (Å²) in [5.41, 5.74) is 4.61. The number of methoxy groups -OCH3 is 1. The molecule has 0 spiro atoms. The number of hydrogen-bond donors (Lipinski definition) is 0. The Balaban J connectivity index is 1.83. The predicted octanol–water partition coefficient (Wildman–Crippen LogP) is 8.55. The van der Waals surface area contributed by atoms with Crippen molar-refractivity contribution in [3.05, 3.63) is 99.0 Å². The number of rotatable bonds is 6. The van der Waals surface area contributed by atoms with E-state index in [-0.39, 0.29) is 0 Å². The first-order chi connectivity index (χ1) is 16.0. The molecule has 3 nitrogen and oxygen atoms in total. The number of benzene rings is 3. The van der Waals surface area contributed by atoms with Crippen molar-refractivity contribution in [3.8, 4) is 34.2 Å². The molecule has 1 aromatic heterocycles. The zero-order chi connectivity index (χ0) is 23.4. The van der Waals surface area contributed by atoms with Crippen LogP contribution in [0.5, 0.6) is 5.75 Å². The summed E-state index contributed by atoms with van der Waals surface area (Å²) in [6, 6.07) is 24.7. The Morgan fingerprint density at radius 2 is 1.55 bits per heavy atom. The van der Waals surface area contributed by atoms with Gasteiger partial charge in [0.2, 0.25) is 0 Å². The van der Waals surface area contributed by atoms with Crippen molar-refractivity contribution < 1.29 is 4.74 Å². The fourth-order valence-corrected chi connectivity index (χ4v) is 5.18. The largest absolute Gasteiger partial charge is 0.497 e. The van der Waals surface area contributed by atoms with Gasteiger partial charge in [-0.3, -0.25) is 0 Å². The Labute approximate surface area is 211 Å². The zero-order valence-electron chi connectivity index (χ0n) is 17.5. The number of aromatic nitrogens is 1. The monoisotopic (exact) mass is 510 g/mol. The van der Waals surface area contributed by atoms with Crippen molar-refractivity contribution in [2.45, 2.75) is 10.8 Å². The molecule has 0 amide bonds. The lowest BCUT2D eigenvalue weighted by Gasteiger charge is -2.14. The van der Waals surface area contributed by atoms with Crippen molar-refractivity contribution in [2.24, 2.45) is 0 Å². The molecule has 7 heteroatoms. The van der Waals surface area contributed by atoms with Crippen LogP contribution in [-0.2, 0) is 5.75 Å². The van der Waals surface area contributed by atoms with Gasteiger partial charge in [0.25, 0.3) is 0 Å². The van der Waals surface area contributed by atoms with E-state index < -0.39 is 0 Å². The van der Waals surface area contributed by atoms with Gasteiger partial charge in [0.1, 0.15) is 16.8 Å². The maximum absolute atomic E-state index is 10.1. The number of halogens is 3. The van der Waals surface area contributed by atoms with Crippen molar-refractivity contribution in [1.82, 2.24) is 4.98 Å². The van der Waals surface area contributed by atoms with Crippen molar-refractivity contribution in [3.63, 3.8) is 0 Å². The molecule has 164 valence electrons. The van der Waals surface area contributed by atoms with Crippen LogP contribution in [0, 0.1) is 11.3 Å². The van der Waals surface area contributed by atoms with Crippen molar-refractivity contribution in [2.75, 3.05) is 7.11 Å². The van der Waals surface area contributed by atoms with Gasteiger partial charge in [-0.05, 0) is 65.7 Å². The van der Waals surface area contributed by atoms with Crippen LogP contribution < -0.4 is 4.74 Å². The molecule has 0 bridgehead atoms. The fraction of sp³-hybridized carbons (Fsp3) is 0.0769. The summed E-state index contributed by atoms with van der Waals surface area (Å²) in [7, 11) is 1.63. The van der Waals surface area contributed by atoms with Gasteiger partial charge in [0.05, 0.1) is 18.4 Å². The molecular formula is C26H17Cl3N2OS. The Bertz CT molecular complexity index is 1310. The minimum absolute atomic E-state index is 0.478. The van der Waals surface area contributed by atoms with E-state index in [1.807, 2.05) is 54.6 Å². The molecule has 4 rings (SSSR count). The maximum atomic E-state index is 10.1. The van der Waals surface area contributed by atoms with E-state index in [1.165, 1.54) is 11.8 Å². The van der Waals surface area contributed by atoms with E-state index >= 15 is 0 Å². The van der Waals surface area contributed by atoms with Crippen LogP contribution >= 0.6 is 46.6 Å². The zero-order valence-corrected chi connectivity index (χ0v) is 20.6. The summed E-state index contributed by atoms with van der Waals surface area (Å²) in [6.07, 6.45) is 0. The second-order valence-electron chi connectivity index (χ2n) is 7.07. The highest BCUT2D eigenvalue weighted by atomic mass is 35.5. The molecule has 0 aliphatic carbocycles. The molecule has 0 atom stereocenters. The lowest BCUT2D eigenvalue weighted by molar-refractivity contribution is 0.415. The standard InChI is InChI=1S/C26H17Cl3N2OS/c1-32-19-11-7-17(8-12-19)25-13-20(16-5-9-18(27)10-6-16)21(14-30)26(31-25)33-15-22-23(28)3-2-4-24(22)29/h2-13H,15H2,1H3. The summed E-state index contributed by atoms with van der Waals surface area (Å²) in [4.78, 5) is 4.83. The van der Waals surface area contributed by atoms with Crippen LogP contribution in [0.3, 0.4) is 0 Å². The van der Waals surface area contributed by atoms with Crippen LogP contribution in [0.4, 0.5) is 0 Å². The minimum atomic E-state index is 0.478. The average Bonchev–Trinajstić information content (AvgIpc) is 2.83. The number of hydrogen-bond acceptors (Lipinski definition) is 4. The smallest absolute Gasteiger partial charge is 0.118 e. The molecule has 4 aromatic rings. The normalized spacial score (nSPS) is 10.6. The molecule has 3 aromatic carbocycles. The quantitative estimate of drug-likeness (QED) is 0.243. The molecule has 0 saturated carbocycles. The Morgan fingerprint density at radius 1 is 0.909 bits per heavy atom. The lowest BCUT2D eigenvalue weighted by Crippen LogP contribution is -1.97. The van der Waals surface area contributed by atoms with E-state index in [4.69, 9.17) is 44.5 Å². The fourth-order valence-electron chi connectivity index (χ4n) is 3.31. The van der Waals surface area contributed by atoms with Crippen LogP contribution in [0.1, 0.15) is 11.1 Å². The van der Waals surface area contributed by atoms with Gasteiger partial charge in [0.15, 0.2) is 0 Å². The highest BCUT2D eigenvalue weighted by molar-refractivity contribution is 7.98. The topological polar surface area (TPSA) is 45.9 Å². The van der Waals surface area contributed by atoms with Gasteiger partial charge in [-0.2, -0.15) is 5.26 Å². The molecule has 33 heavy (non-hydrogen) atoms. The number of thioether (sulfide) groups is 1. The third-order valence-electron chi connectivity index (χ3n) is 5.05.